The first kappa shape index (κ1) is 13.6. The van der Waals surface area contributed by atoms with Crippen LogP contribution in [0.5, 0.6) is 0 Å². The highest BCUT2D eigenvalue weighted by Gasteiger charge is 2.12. The molecule has 100 valence electrons. The van der Waals surface area contributed by atoms with Crippen LogP contribution in [0.2, 0.25) is 0 Å². The first-order valence-electron chi connectivity index (χ1n) is 5.97. The van der Waals surface area contributed by atoms with E-state index in [4.69, 9.17) is 11.6 Å². The third-order valence-electron chi connectivity index (χ3n) is 2.98. The molecule has 1 fully saturated rings. The minimum Gasteiger partial charge on any atom is -0.299 e. The maximum absolute atomic E-state index is 11.3. The summed E-state index contributed by atoms with van der Waals surface area (Å²) in [7, 11) is -3.40. The van der Waals surface area contributed by atoms with Crippen LogP contribution in [-0.2, 0) is 16.6 Å². The van der Waals surface area contributed by atoms with Crippen LogP contribution >= 0.6 is 11.6 Å². The van der Waals surface area contributed by atoms with E-state index in [2.05, 4.69) is 9.62 Å². The minimum atomic E-state index is -3.40. The van der Waals surface area contributed by atoms with Gasteiger partial charge in [0.15, 0.2) is 0 Å². The lowest BCUT2D eigenvalue weighted by Gasteiger charge is -2.14. The smallest absolute Gasteiger partial charge is 0.246 e. The Kier molecular flexibility index (Phi) is 4.48. The highest BCUT2D eigenvalue weighted by Crippen LogP contribution is 2.16. The molecule has 0 bridgehead atoms. The standard InChI is InChI=1S/C12H17ClN2O2S/c13-10-18(16,17)14-12-5-3-11(4-6-12)9-15-7-1-2-8-15/h3-6,14H,1-2,7-10H2. The molecule has 1 aliphatic rings. The van der Waals surface area contributed by atoms with E-state index in [1.807, 2.05) is 12.1 Å². The molecule has 0 spiro atoms. The van der Waals surface area contributed by atoms with Crippen LogP contribution < -0.4 is 4.72 Å². The van der Waals surface area contributed by atoms with Gasteiger partial charge in [0.25, 0.3) is 0 Å². The number of nitrogens with one attached hydrogen (secondary N) is 1. The van der Waals surface area contributed by atoms with Crippen molar-refractivity contribution in [3.05, 3.63) is 29.8 Å². The summed E-state index contributed by atoms with van der Waals surface area (Å²) in [6.45, 7) is 3.24. The van der Waals surface area contributed by atoms with Crippen LogP contribution in [0.25, 0.3) is 0 Å². The quantitative estimate of drug-likeness (QED) is 0.845. The van der Waals surface area contributed by atoms with E-state index in [0.717, 1.165) is 19.6 Å². The Morgan fingerprint density at radius 3 is 2.33 bits per heavy atom. The molecule has 0 unspecified atom stereocenters. The van der Waals surface area contributed by atoms with Gasteiger partial charge in [-0.1, -0.05) is 12.1 Å². The van der Waals surface area contributed by atoms with Crippen molar-refractivity contribution in [3.8, 4) is 0 Å². The fraction of sp³-hybridized carbons (Fsp3) is 0.500. The van der Waals surface area contributed by atoms with Crippen LogP contribution in [0.1, 0.15) is 18.4 Å². The second-order valence-electron chi connectivity index (χ2n) is 4.51. The Hall–Kier alpha value is -0.780. The number of alkyl halides is 1. The van der Waals surface area contributed by atoms with Crippen LogP contribution in [0.15, 0.2) is 24.3 Å². The summed E-state index contributed by atoms with van der Waals surface area (Å²) < 4.78 is 25.0. The molecule has 0 atom stereocenters. The number of halogens is 1. The van der Waals surface area contributed by atoms with Gasteiger partial charge >= 0.3 is 0 Å². The normalized spacial score (nSPS) is 16.9. The van der Waals surface area contributed by atoms with Crippen LogP contribution in [-0.4, -0.2) is 31.6 Å². The van der Waals surface area contributed by atoms with E-state index in [-0.39, 0.29) is 0 Å². The van der Waals surface area contributed by atoms with Crippen LogP contribution in [0.4, 0.5) is 5.69 Å². The number of sulfonamides is 1. The molecule has 0 aliphatic carbocycles. The zero-order chi connectivity index (χ0) is 13.0. The van der Waals surface area contributed by atoms with Gasteiger partial charge in [0.05, 0.1) is 0 Å². The number of hydrogen-bond acceptors (Lipinski definition) is 3. The summed E-state index contributed by atoms with van der Waals surface area (Å²) >= 11 is 5.33. The fourth-order valence-corrected chi connectivity index (χ4v) is 2.80. The molecule has 1 heterocycles. The molecule has 2 rings (SSSR count). The van der Waals surface area contributed by atoms with E-state index in [1.165, 1.54) is 18.4 Å². The van der Waals surface area contributed by atoms with Crippen molar-refractivity contribution in [3.63, 3.8) is 0 Å². The van der Waals surface area contributed by atoms with E-state index in [1.54, 1.807) is 12.1 Å². The van der Waals surface area contributed by atoms with E-state index < -0.39 is 15.2 Å². The maximum Gasteiger partial charge on any atom is 0.246 e. The van der Waals surface area contributed by atoms with Crippen molar-refractivity contribution in [1.29, 1.82) is 0 Å². The van der Waals surface area contributed by atoms with Gasteiger partial charge in [-0.2, -0.15) is 0 Å². The largest absolute Gasteiger partial charge is 0.299 e. The van der Waals surface area contributed by atoms with Crippen molar-refractivity contribution < 1.29 is 8.42 Å². The van der Waals surface area contributed by atoms with Gasteiger partial charge in [0, 0.05) is 12.2 Å². The second kappa shape index (κ2) is 5.91. The highest BCUT2D eigenvalue weighted by molar-refractivity contribution is 7.93. The van der Waals surface area contributed by atoms with E-state index in [9.17, 15) is 8.42 Å². The molecule has 0 saturated carbocycles. The van der Waals surface area contributed by atoms with Gasteiger partial charge in [0.2, 0.25) is 10.0 Å². The molecule has 18 heavy (non-hydrogen) atoms. The summed E-state index contributed by atoms with van der Waals surface area (Å²) in [6.07, 6.45) is 2.54. The summed E-state index contributed by atoms with van der Waals surface area (Å²) in [4.78, 5) is 2.40. The summed E-state index contributed by atoms with van der Waals surface area (Å²) in [5.41, 5.74) is 1.76. The lowest BCUT2D eigenvalue weighted by molar-refractivity contribution is 0.331. The third-order valence-corrected chi connectivity index (χ3v) is 4.67. The number of benzene rings is 1. The van der Waals surface area contributed by atoms with Crippen molar-refractivity contribution in [2.24, 2.45) is 0 Å². The number of hydrogen-bond donors (Lipinski definition) is 1. The maximum atomic E-state index is 11.3. The molecule has 6 heteroatoms. The summed E-state index contributed by atoms with van der Waals surface area (Å²) in [5.74, 6) is 0. The third kappa shape index (κ3) is 3.86. The number of nitrogens with zero attached hydrogens (tertiary/aromatic N) is 1. The van der Waals surface area contributed by atoms with Crippen molar-refractivity contribution in [2.45, 2.75) is 19.4 Å². The van der Waals surface area contributed by atoms with Gasteiger partial charge < -0.3 is 0 Å². The van der Waals surface area contributed by atoms with Crippen LogP contribution in [0, 0.1) is 0 Å². The van der Waals surface area contributed by atoms with Crippen molar-refractivity contribution in [1.82, 2.24) is 4.90 Å². The number of likely N-dealkylation sites (tertiary alicyclic amines) is 1. The van der Waals surface area contributed by atoms with E-state index >= 15 is 0 Å². The molecule has 1 aromatic carbocycles. The molecule has 1 aliphatic heterocycles. The topological polar surface area (TPSA) is 49.4 Å². The predicted molar refractivity (Wildman–Crippen MR) is 74.2 cm³/mol. The van der Waals surface area contributed by atoms with Gasteiger partial charge in [-0.15, -0.1) is 11.6 Å². The average Bonchev–Trinajstić information content (AvgIpc) is 2.84. The van der Waals surface area contributed by atoms with Crippen molar-refractivity contribution in [2.75, 3.05) is 23.0 Å². The van der Waals surface area contributed by atoms with Gasteiger partial charge in [-0.3, -0.25) is 9.62 Å². The minimum absolute atomic E-state index is 0.428. The molecule has 1 saturated heterocycles. The molecule has 4 nitrogen and oxygen atoms in total. The second-order valence-corrected chi connectivity index (χ2v) is 6.81. The first-order valence-corrected chi connectivity index (χ1v) is 8.15. The Balaban J connectivity index is 1.96. The van der Waals surface area contributed by atoms with E-state index in [0.29, 0.717) is 5.69 Å². The lowest BCUT2D eigenvalue weighted by atomic mass is 10.2. The van der Waals surface area contributed by atoms with Crippen molar-refractivity contribution >= 4 is 27.3 Å². The lowest BCUT2D eigenvalue weighted by Crippen LogP contribution is -2.18. The Morgan fingerprint density at radius 1 is 1.17 bits per heavy atom. The van der Waals surface area contributed by atoms with Crippen LogP contribution in [0.3, 0.4) is 0 Å². The summed E-state index contributed by atoms with van der Waals surface area (Å²) in [5, 5.41) is -0.428. The average molecular weight is 289 g/mol. The summed E-state index contributed by atoms with van der Waals surface area (Å²) in [6, 6.07) is 7.44. The van der Waals surface area contributed by atoms with Gasteiger partial charge in [-0.25, -0.2) is 8.42 Å². The Labute approximate surface area is 113 Å². The SMILES string of the molecule is O=S(=O)(CCl)Nc1ccc(CN2CCCC2)cc1. The number of rotatable bonds is 5. The first-order chi connectivity index (χ1) is 8.59. The van der Waals surface area contributed by atoms with Gasteiger partial charge in [0.1, 0.15) is 5.21 Å². The number of anilines is 1. The zero-order valence-electron chi connectivity index (χ0n) is 10.1. The highest BCUT2D eigenvalue weighted by atomic mass is 35.5. The molecular formula is C12H17ClN2O2S. The molecular weight excluding hydrogens is 272 g/mol. The molecule has 0 radical (unpaired) electrons. The molecule has 1 N–H and O–H groups in total. The molecule has 0 amide bonds. The monoisotopic (exact) mass is 288 g/mol. The molecule has 1 aromatic rings. The fourth-order valence-electron chi connectivity index (χ4n) is 2.08. The Bertz CT molecular complexity index is 481. The molecule has 0 aromatic heterocycles. The van der Waals surface area contributed by atoms with Gasteiger partial charge in [-0.05, 0) is 43.6 Å². The Morgan fingerprint density at radius 2 is 1.78 bits per heavy atom. The zero-order valence-corrected chi connectivity index (χ0v) is 11.7. The predicted octanol–water partition coefficient (Wildman–Crippen LogP) is 2.22.